The van der Waals surface area contributed by atoms with Gasteiger partial charge in [-0.15, -0.1) is 0 Å². The number of hydrogen-bond acceptors (Lipinski definition) is 3. The number of phenols is 1. The first-order valence-corrected chi connectivity index (χ1v) is 9.12. The standard InChI is InChI=1S/C23H22FNO2/c1-27-18-10-11-19-16(14-18)12-13-25(21-8-4-3-7-20(21)24)22(19)15-17-6-2-5-9-23(17)26/h2-11,14,22,26H,12-13,15H2,1H3. The lowest BCUT2D eigenvalue weighted by Gasteiger charge is -2.39. The number of methoxy groups -OCH3 is 1. The second-order valence-corrected chi connectivity index (χ2v) is 6.81. The lowest BCUT2D eigenvalue weighted by atomic mass is 9.87. The molecule has 0 spiro atoms. The minimum atomic E-state index is -0.225. The highest BCUT2D eigenvalue weighted by Gasteiger charge is 2.30. The molecule has 0 saturated heterocycles. The Bertz CT molecular complexity index is 957. The summed E-state index contributed by atoms with van der Waals surface area (Å²) in [5, 5.41) is 10.3. The highest BCUT2D eigenvalue weighted by atomic mass is 19.1. The van der Waals surface area contributed by atoms with Gasteiger partial charge in [-0.1, -0.05) is 36.4 Å². The SMILES string of the molecule is COc1ccc2c(c1)CCN(c1ccccc1F)C2Cc1ccccc1O. The number of fused-ring (bicyclic) bond motifs is 1. The Morgan fingerprint density at radius 2 is 1.85 bits per heavy atom. The molecule has 0 saturated carbocycles. The third kappa shape index (κ3) is 3.35. The summed E-state index contributed by atoms with van der Waals surface area (Å²) >= 11 is 0. The number of benzene rings is 3. The summed E-state index contributed by atoms with van der Waals surface area (Å²) in [5.74, 6) is 0.873. The summed E-state index contributed by atoms with van der Waals surface area (Å²) in [5.41, 5.74) is 3.81. The molecule has 0 bridgehead atoms. The molecule has 0 aromatic heterocycles. The van der Waals surface area contributed by atoms with E-state index in [2.05, 4.69) is 17.0 Å². The van der Waals surface area contributed by atoms with Crippen LogP contribution in [0.15, 0.2) is 66.7 Å². The Morgan fingerprint density at radius 1 is 1.07 bits per heavy atom. The van der Waals surface area contributed by atoms with Gasteiger partial charge in [0.15, 0.2) is 0 Å². The molecule has 4 heteroatoms. The Labute approximate surface area is 158 Å². The quantitative estimate of drug-likeness (QED) is 0.717. The average Bonchev–Trinajstić information content (AvgIpc) is 2.70. The molecule has 3 aromatic rings. The van der Waals surface area contributed by atoms with Gasteiger partial charge in [0.2, 0.25) is 0 Å². The summed E-state index contributed by atoms with van der Waals surface area (Å²) in [6, 6.07) is 20.2. The van der Waals surface area contributed by atoms with Gasteiger partial charge in [-0.05, 0) is 53.4 Å². The smallest absolute Gasteiger partial charge is 0.146 e. The van der Waals surface area contributed by atoms with Gasteiger partial charge < -0.3 is 14.7 Å². The van der Waals surface area contributed by atoms with Crippen LogP contribution < -0.4 is 9.64 Å². The lowest BCUT2D eigenvalue weighted by Crippen LogP contribution is -2.37. The van der Waals surface area contributed by atoms with Crippen molar-refractivity contribution in [2.24, 2.45) is 0 Å². The minimum Gasteiger partial charge on any atom is -0.508 e. The molecule has 1 unspecified atom stereocenters. The molecule has 27 heavy (non-hydrogen) atoms. The number of hydrogen-bond donors (Lipinski definition) is 1. The number of anilines is 1. The third-order valence-corrected chi connectivity index (χ3v) is 5.27. The zero-order valence-electron chi connectivity index (χ0n) is 15.2. The molecule has 1 atom stereocenters. The van der Waals surface area contributed by atoms with Crippen LogP contribution in [0.5, 0.6) is 11.5 Å². The molecule has 0 fully saturated rings. The molecule has 1 aliphatic rings. The van der Waals surface area contributed by atoms with E-state index in [1.165, 1.54) is 11.6 Å². The highest BCUT2D eigenvalue weighted by Crippen LogP contribution is 2.39. The molecule has 138 valence electrons. The first-order chi connectivity index (χ1) is 13.2. The maximum absolute atomic E-state index is 14.5. The number of phenolic OH excluding ortho intramolecular Hbond substituents is 1. The highest BCUT2D eigenvalue weighted by molar-refractivity contribution is 5.55. The van der Waals surface area contributed by atoms with E-state index >= 15 is 0 Å². The largest absolute Gasteiger partial charge is 0.508 e. The topological polar surface area (TPSA) is 32.7 Å². The maximum atomic E-state index is 14.5. The van der Waals surface area contributed by atoms with Crippen LogP contribution in [0.1, 0.15) is 22.7 Å². The van der Waals surface area contributed by atoms with Crippen molar-refractivity contribution in [3.63, 3.8) is 0 Å². The fourth-order valence-electron chi connectivity index (χ4n) is 3.90. The van der Waals surface area contributed by atoms with Crippen molar-refractivity contribution in [1.82, 2.24) is 0 Å². The van der Waals surface area contributed by atoms with Crippen molar-refractivity contribution < 1.29 is 14.2 Å². The molecule has 1 N–H and O–H groups in total. The third-order valence-electron chi connectivity index (χ3n) is 5.27. The van der Waals surface area contributed by atoms with E-state index < -0.39 is 0 Å². The van der Waals surface area contributed by atoms with E-state index in [1.54, 1.807) is 19.2 Å². The molecular formula is C23H22FNO2. The van der Waals surface area contributed by atoms with E-state index in [0.717, 1.165) is 23.3 Å². The zero-order valence-corrected chi connectivity index (χ0v) is 15.2. The van der Waals surface area contributed by atoms with Crippen LogP contribution in [-0.2, 0) is 12.8 Å². The van der Waals surface area contributed by atoms with Crippen molar-refractivity contribution >= 4 is 5.69 Å². The molecule has 3 nitrogen and oxygen atoms in total. The van der Waals surface area contributed by atoms with Crippen molar-refractivity contribution in [2.75, 3.05) is 18.6 Å². The molecule has 3 aromatic carbocycles. The summed E-state index contributed by atoms with van der Waals surface area (Å²) in [6.07, 6.45) is 1.42. The van der Waals surface area contributed by atoms with Crippen LogP contribution in [0.25, 0.3) is 0 Å². The number of rotatable bonds is 4. The van der Waals surface area contributed by atoms with E-state index in [9.17, 15) is 9.50 Å². The van der Waals surface area contributed by atoms with Gasteiger partial charge in [0.25, 0.3) is 0 Å². The molecule has 1 aliphatic heterocycles. The van der Waals surface area contributed by atoms with Gasteiger partial charge in [-0.3, -0.25) is 0 Å². The number of halogens is 1. The van der Waals surface area contributed by atoms with Crippen molar-refractivity contribution in [3.8, 4) is 11.5 Å². The monoisotopic (exact) mass is 363 g/mol. The molecule has 1 heterocycles. The van der Waals surface area contributed by atoms with Crippen molar-refractivity contribution in [3.05, 3.63) is 89.2 Å². The lowest BCUT2D eigenvalue weighted by molar-refractivity contribution is 0.413. The Balaban J connectivity index is 1.79. The van der Waals surface area contributed by atoms with Crippen molar-refractivity contribution in [1.29, 1.82) is 0 Å². The van der Waals surface area contributed by atoms with E-state index in [4.69, 9.17) is 4.74 Å². The summed E-state index contributed by atoms with van der Waals surface area (Å²) < 4.78 is 19.9. The normalized spacial score (nSPS) is 16.1. The predicted molar refractivity (Wildman–Crippen MR) is 105 cm³/mol. The van der Waals surface area contributed by atoms with E-state index in [-0.39, 0.29) is 17.6 Å². The molecule has 0 aliphatic carbocycles. The number of nitrogens with zero attached hydrogens (tertiary/aromatic N) is 1. The molecule has 0 amide bonds. The van der Waals surface area contributed by atoms with Gasteiger partial charge in [0.1, 0.15) is 17.3 Å². The van der Waals surface area contributed by atoms with Gasteiger partial charge in [0, 0.05) is 13.0 Å². The van der Waals surface area contributed by atoms with E-state index in [0.29, 0.717) is 18.7 Å². The maximum Gasteiger partial charge on any atom is 0.146 e. The minimum absolute atomic E-state index is 0.0649. The summed E-state index contributed by atoms with van der Waals surface area (Å²) in [4.78, 5) is 2.11. The Kier molecular flexibility index (Phi) is 4.71. The Morgan fingerprint density at radius 3 is 2.63 bits per heavy atom. The molecule has 0 radical (unpaired) electrons. The van der Waals surface area contributed by atoms with Crippen LogP contribution in [0.4, 0.5) is 10.1 Å². The van der Waals surface area contributed by atoms with Crippen LogP contribution in [0.2, 0.25) is 0 Å². The van der Waals surface area contributed by atoms with Gasteiger partial charge in [-0.2, -0.15) is 0 Å². The van der Waals surface area contributed by atoms with Crippen LogP contribution in [0, 0.1) is 5.82 Å². The summed E-state index contributed by atoms with van der Waals surface area (Å²) in [7, 11) is 1.66. The average molecular weight is 363 g/mol. The van der Waals surface area contributed by atoms with Gasteiger partial charge in [-0.25, -0.2) is 4.39 Å². The fraction of sp³-hybridized carbons (Fsp3) is 0.217. The first kappa shape index (κ1) is 17.4. The molecule has 4 rings (SSSR count). The zero-order chi connectivity index (χ0) is 18.8. The van der Waals surface area contributed by atoms with Gasteiger partial charge in [0.05, 0.1) is 18.8 Å². The number of ether oxygens (including phenoxy) is 1. The first-order valence-electron chi connectivity index (χ1n) is 9.12. The second-order valence-electron chi connectivity index (χ2n) is 6.81. The second kappa shape index (κ2) is 7.31. The summed E-state index contributed by atoms with van der Waals surface area (Å²) in [6.45, 7) is 0.708. The van der Waals surface area contributed by atoms with Crippen LogP contribution >= 0.6 is 0 Å². The number of para-hydroxylation sites is 2. The predicted octanol–water partition coefficient (Wildman–Crippen LogP) is 4.89. The molecular weight excluding hydrogens is 341 g/mol. The van der Waals surface area contributed by atoms with Crippen LogP contribution in [-0.4, -0.2) is 18.8 Å². The fourth-order valence-corrected chi connectivity index (χ4v) is 3.90. The van der Waals surface area contributed by atoms with E-state index in [1.807, 2.05) is 36.4 Å². The van der Waals surface area contributed by atoms with Gasteiger partial charge >= 0.3 is 0 Å². The number of aromatic hydroxyl groups is 1. The van der Waals surface area contributed by atoms with Crippen molar-refractivity contribution in [2.45, 2.75) is 18.9 Å². The van der Waals surface area contributed by atoms with Crippen LogP contribution in [0.3, 0.4) is 0 Å². The Hall–Kier alpha value is -3.01.